The van der Waals surface area contributed by atoms with Crippen molar-refractivity contribution in [3.63, 3.8) is 0 Å². The highest BCUT2D eigenvalue weighted by atomic mass is 79.9. The van der Waals surface area contributed by atoms with Crippen LogP contribution in [0.25, 0.3) is 5.65 Å². The van der Waals surface area contributed by atoms with Gasteiger partial charge < -0.3 is 24.6 Å². The lowest BCUT2D eigenvalue weighted by atomic mass is 10.1. The predicted octanol–water partition coefficient (Wildman–Crippen LogP) is 2.97. The van der Waals surface area contributed by atoms with Gasteiger partial charge in [-0.05, 0) is 37.4 Å². The van der Waals surface area contributed by atoms with Gasteiger partial charge in [-0.1, -0.05) is 27.5 Å². The number of nitrogens with zero attached hydrogens (tertiary/aromatic N) is 4. The number of piperazine rings is 1. The van der Waals surface area contributed by atoms with Gasteiger partial charge in [0.15, 0.2) is 0 Å². The third-order valence-electron chi connectivity index (χ3n) is 5.34. The fraction of sp³-hybridized carbons (Fsp3) is 0.333. The van der Waals surface area contributed by atoms with Crippen LogP contribution in [0.4, 0.5) is 5.69 Å². The molecule has 158 valence electrons. The first-order valence-corrected chi connectivity index (χ1v) is 10.9. The van der Waals surface area contributed by atoms with Crippen LogP contribution in [0.5, 0.6) is 0 Å². The van der Waals surface area contributed by atoms with Crippen molar-refractivity contribution >= 4 is 44.8 Å². The second-order valence-electron chi connectivity index (χ2n) is 7.44. The molecule has 0 radical (unpaired) electrons. The summed E-state index contributed by atoms with van der Waals surface area (Å²) in [5.41, 5.74) is 2.70. The minimum atomic E-state index is -0.618. The largest absolute Gasteiger partial charge is 0.394 e. The molecule has 4 rings (SSSR count). The number of aliphatic hydroxyl groups is 1. The van der Waals surface area contributed by atoms with Crippen LogP contribution in [0.2, 0.25) is 5.02 Å². The predicted molar refractivity (Wildman–Crippen MR) is 121 cm³/mol. The molecule has 0 aliphatic carbocycles. The number of hydrogen-bond donors (Lipinski definition) is 2. The molecule has 1 fully saturated rings. The van der Waals surface area contributed by atoms with Crippen molar-refractivity contribution in [2.45, 2.75) is 6.04 Å². The van der Waals surface area contributed by atoms with Crippen LogP contribution in [0.15, 0.2) is 47.2 Å². The molecule has 3 heterocycles. The minimum Gasteiger partial charge on any atom is -0.394 e. The number of aromatic nitrogens is 2. The summed E-state index contributed by atoms with van der Waals surface area (Å²) < 4.78 is 2.75. The number of imidazole rings is 1. The first kappa shape index (κ1) is 21.1. The summed E-state index contributed by atoms with van der Waals surface area (Å²) in [6, 6.07) is 8.49. The number of pyridine rings is 1. The lowest BCUT2D eigenvalue weighted by molar-refractivity contribution is 0.0915. The van der Waals surface area contributed by atoms with Gasteiger partial charge in [-0.25, -0.2) is 4.98 Å². The number of benzene rings is 1. The Labute approximate surface area is 188 Å². The second kappa shape index (κ2) is 8.93. The quantitative estimate of drug-likeness (QED) is 0.573. The summed E-state index contributed by atoms with van der Waals surface area (Å²) >= 11 is 9.91. The summed E-state index contributed by atoms with van der Waals surface area (Å²) in [7, 11) is 2.10. The number of aliphatic hydroxyl groups excluding tert-OH is 1. The van der Waals surface area contributed by atoms with Crippen LogP contribution in [0.1, 0.15) is 22.1 Å². The Hall–Kier alpha value is -2.13. The molecule has 2 N–H and O–H groups in total. The average molecular weight is 493 g/mol. The van der Waals surface area contributed by atoms with Crippen molar-refractivity contribution < 1.29 is 9.90 Å². The summed E-state index contributed by atoms with van der Waals surface area (Å²) in [5.74, 6) is -0.306. The van der Waals surface area contributed by atoms with Crippen molar-refractivity contribution in [1.82, 2.24) is 19.6 Å². The first-order valence-electron chi connectivity index (χ1n) is 9.73. The van der Waals surface area contributed by atoms with Gasteiger partial charge in [0.2, 0.25) is 0 Å². The molecule has 0 bridgehead atoms. The highest BCUT2D eigenvalue weighted by Gasteiger charge is 2.21. The molecular weight excluding hydrogens is 470 g/mol. The van der Waals surface area contributed by atoms with Gasteiger partial charge in [0, 0.05) is 48.6 Å². The molecule has 1 unspecified atom stereocenters. The van der Waals surface area contributed by atoms with Crippen molar-refractivity contribution in [2.75, 3.05) is 44.7 Å². The van der Waals surface area contributed by atoms with E-state index in [-0.39, 0.29) is 12.5 Å². The molecule has 7 nitrogen and oxygen atoms in total. The SMILES string of the molecule is CN1CCN(c2ccc(C(=O)NC(CO)c3cn4ccc(Br)cc4n3)cc2Cl)CC1. The summed E-state index contributed by atoms with van der Waals surface area (Å²) in [4.78, 5) is 21.8. The standard InChI is InChI=1S/C21H23BrClN5O2/c1-26-6-8-27(9-7-26)19-3-2-14(10-16(19)23)21(30)25-18(13-29)17-12-28-5-4-15(22)11-20(28)24-17/h2-5,10-12,18,29H,6-9,13H2,1H3,(H,25,30). The zero-order valence-corrected chi connectivity index (χ0v) is 18.9. The van der Waals surface area contributed by atoms with Crippen molar-refractivity contribution in [2.24, 2.45) is 0 Å². The zero-order valence-electron chi connectivity index (χ0n) is 16.6. The first-order chi connectivity index (χ1) is 14.4. The van der Waals surface area contributed by atoms with E-state index in [4.69, 9.17) is 11.6 Å². The number of likely N-dealkylation sites (N-methyl/N-ethyl adjacent to an activating group) is 1. The normalized spacial score (nSPS) is 16.1. The number of halogens is 2. The zero-order chi connectivity index (χ0) is 21.3. The molecule has 1 aromatic carbocycles. The molecule has 1 aliphatic heterocycles. The topological polar surface area (TPSA) is 73.1 Å². The van der Waals surface area contributed by atoms with E-state index in [1.54, 1.807) is 18.3 Å². The second-order valence-corrected chi connectivity index (χ2v) is 8.76. The minimum absolute atomic E-state index is 0.260. The van der Waals surface area contributed by atoms with Crippen LogP contribution < -0.4 is 10.2 Å². The molecule has 3 aromatic rings. The number of carbonyl (C=O) groups excluding carboxylic acids is 1. The Morgan fingerprint density at radius 2 is 2.03 bits per heavy atom. The van der Waals surface area contributed by atoms with E-state index in [1.807, 2.05) is 28.8 Å². The molecule has 0 spiro atoms. The van der Waals surface area contributed by atoms with Gasteiger partial charge in [-0.3, -0.25) is 4.79 Å². The van der Waals surface area contributed by atoms with Gasteiger partial charge in [-0.2, -0.15) is 0 Å². The van der Waals surface area contributed by atoms with Gasteiger partial charge in [-0.15, -0.1) is 0 Å². The number of carbonyl (C=O) groups is 1. The van der Waals surface area contributed by atoms with Crippen molar-refractivity contribution in [3.8, 4) is 0 Å². The monoisotopic (exact) mass is 491 g/mol. The van der Waals surface area contributed by atoms with E-state index in [1.165, 1.54) is 0 Å². The molecule has 1 aliphatic rings. The maximum Gasteiger partial charge on any atom is 0.251 e. The van der Waals surface area contributed by atoms with E-state index in [9.17, 15) is 9.90 Å². The van der Waals surface area contributed by atoms with E-state index in [0.717, 1.165) is 42.0 Å². The van der Waals surface area contributed by atoms with Crippen LogP contribution in [0.3, 0.4) is 0 Å². The van der Waals surface area contributed by atoms with E-state index in [2.05, 4.69) is 43.1 Å². The number of amides is 1. The van der Waals surface area contributed by atoms with Crippen LogP contribution >= 0.6 is 27.5 Å². The Morgan fingerprint density at radius 1 is 1.27 bits per heavy atom. The van der Waals surface area contributed by atoms with E-state index in [0.29, 0.717) is 16.3 Å². The molecule has 1 atom stereocenters. The fourth-order valence-corrected chi connectivity index (χ4v) is 4.17. The highest BCUT2D eigenvalue weighted by Crippen LogP contribution is 2.28. The molecule has 1 amide bonds. The third kappa shape index (κ3) is 4.46. The van der Waals surface area contributed by atoms with Gasteiger partial charge in [0.1, 0.15) is 5.65 Å². The molecular formula is C21H23BrClN5O2. The Kier molecular flexibility index (Phi) is 6.29. The molecule has 0 saturated carbocycles. The van der Waals surface area contributed by atoms with E-state index < -0.39 is 6.04 Å². The molecule has 9 heteroatoms. The number of fused-ring (bicyclic) bond motifs is 1. The number of hydrogen-bond acceptors (Lipinski definition) is 5. The molecule has 1 saturated heterocycles. The van der Waals surface area contributed by atoms with Crippen molar-refractivity contribution in [3.05, 3.63) is 63.5 Å². The Balaban J connectivity index is 1.49. The van der Waals surface area contributed by atoms with Gasteiger partial charge in [0.25, 0.3) is 5.91 Å². The Morgan fingerprint density at radius 3 is 2.73 bits per heavy atom. The van der Waals surface area contributed by atoms with Crippen LogP contribution in [0, 0.1) is 0 Å². The molecule has 2 aromatic heterocycles. The highest BCUT2D eigenvalue weighted by molar-refractivity contribution is 9.10. The van der Waals surface area contributed by atoms with Gasteiger partial charge in [0.05, 0.1) is 29.1 Å². The van der Waals surface area contributed by atoms with Crippen molar-refractivity contribution in [1.29, 1.82) is 0 Å². The summed E-state index contributed by atoms with van der Waals surface area (Å²) in [6.45, 7) is 3.50. The van der Waals surface area contributed by atoms with Gasteiger partial charge >= 0.3 is 0 Å². The number of rotatable bonds is 5. The lowest BCUT2D eigenvalue weighted by Crippen LogP contribution is -2.44. The average Bonchev–Trinajstić information content (AvgIpc) is 3.15. The number of nitrogens with one attached hydrogen (secondary N) is 1. The Bertz CT molecular complexity index is 1060. The number of anilines is 1. The fourth-order valence-electron chi connectivity index (χ4n) is 3.55. The summed E-state index contributed by atoms with van der Waals surface area (Å²) in [6.07, 6.45) is 3.66. The maximum atomic E-state index is 12.8. The van der Waals surface area contributed by atoms with E-state index >= 15 is 0 Å². The summed E-state index contributed by atoms with van der Waals surface area (Å²) in [5, 5.41) is 13.2. The van der Waals surface area contributed by atoms with Crippen LogP contribution in [-0.2, 0) is 0 Å². The third-order valence-corrected chi connectivity index (χ3v) is 6.14. The smallest absolute Gasteiger partial charge is 0.251 e. The maximum absolute atomic E-state index is 12.8. The van der Waals surface area contributed by atoms with Crippen LogP contribution in [-0.4, -0.2) is 65.1 Å². The lowest BCUT2D eigenvalue weighted by Gasteiger charge is -2.34. The molecule has 30 heavy (non-hydrogen) atoms.